The second-order valence-corrected chi connectivity index (χ2v) is 4.20. The summed E-state index contributed by atoms with van der Waals surface area (Å²) in [4.78, 5) is 25.4. The van der Waals surface area contributed by atoms with Crippen molar-refractivity contribution in [1.29, 1.82) is 0 Å². The van der Waals surface area contributed by atoms with Gasteiger partial charge in [-0.25, -0.2) is 9.97 Å². The molecular weight excluding hydrogens is 238 g/mol. The zero-order valence-corrected chi connectivity index (χ0v) is 10.0. The minimum Gasteiger partial charge on any atom is -0.349 e. The lowest BCUT2D eigenvalue weighted by atomic mass is 10.5. The van der Waals surface area contributed by atoms with E-state index in [-0.39, 0.29) is 12.5 Å². The van der Waals surface area contributed by atoms with Gasteiger partial charge in [-0.15, -0.1) is 11.3 Å². The first-order valence-corrected chi connectivity index (χ1v) is 5.80. The molecule has 1 N–H and O–H groups in total. The van der Waals surface area contributed by atoms with Crippen LogP contribution in [-0.2, 0) is 4.79 Å². The molecule has 0 atom stereocenters. The van der Waals surface area contributed by atoms with E-state index in [1.165, 1.54) is 11.3 Å². The first kappa shape index (κ1) is 11.5. The van der Waals surface area contributed by atoms with Gasteiger partial charge in [-0.3, -0.25) is 9.78 Å². The quantitative estimate of drug-likeness (QED) is 0.875. The molecule has 2 rings (SSSR count). The maximum atomic E-state index is 11.7. The lowest BCUT2D eigenvalue weighted by molar-refractivity contribution is -0.114. The van der Waals surface area contributed by atoms with Crippen LogP contribution in [0.25, 0.3) is 0 Å². The van der Waals surface area contributed by atoms with E-state index in [1.807, 2.05) is 5.38 Å². The molecule has 2 aromatic heterocycles. The van der Waals surface area contributed by atoms with E-state index in [1.54, 1.807) is 36.7 Å². The Morgan fingerprint density at radius 3 is 2.94 bits per heavy atom. The van der Waals surface area contributed by atoms with Gasteiger partial charge in [0.15, 0.2) is 5.13 Å². The predicted molar refractivity (Wildman–Crippen MR) is 66.0 cm³/mol. The summed E-state index contributed by atoms with van der Waals surface area (Å²) < 4.78 is 0. The Bertz CT molecular complexity index is 473. The SMILES string of the molecule is CN(CC(=O)Nc1nccs1)c1cnccn1. The largest absolute Gasteiger partial charge is 0.349 e. The monoisotopic (exact) mass is 249 g/mol. The van der Waals surface area contributed by atoms with Crippen molar-refractivity contribution in [2.45, 2.75) is 0 Å². The van der Waals surface area contributed by atoms with Crippen LogP contribution in [0.1, 0.15) is 0 Å². The maximum Gasteiger partial charge on any atom is 0.245 e. The summed E-state index contributed by atoms with van der Waals surface area (Å²) in [7, 11) is 1.78. The fraction of sp³-hybridized carbons (Fsp3) is 0.200. The highest BCUT2D eigenvalue weighted by Crippen LogP contribution is 2.10. The Morgan fingerprint density at radius 1 is 1.41 bits per heavy atom. The van der Waals surface area contributed by atoms with Crippen molar-refractivity contribution in [1.82, 2.24) is 15.0 Å². The molecule has 0 aliphatic rings. The molecule has 0 radical (unpaired) electrons. The number of rotatable bonds is 4. The lowest BCUT2D eigenvalue weighted by Gasteiger charge is -2.16. The van der Waals surface area contributed by atoms with E-state index in [9.17, 15) is 4.79 Å². The summed E-state index contributed by atoms with van der Waals surface area (Å²) in [5, 5.41) is 5.11. The molecule has 2 aromatic rings. The Kier molecular flexibility index (Phi) is 3.61. The highest BCUT2D eigenvalue weighted by Gasteiger charge is 2.09. The van der Waals surface area contributed by atoms with Gasteiger partial charge in [0.1, 0.15) is 5.82 Å². The number of thiazole rings is 1. The minimum absolute atomic E-state index is 0.131. The summed E-state index contributed by atoms with van der Waals surface area (Å²) in [6.07, 6.45) is 6.43. The molecule has 0 unspecified atom stereocenters. The van der Waals surface area contributed by atoms with Gasteiger partial charge in [-0.2, -0.15) is 0 Å². The first-order valence-electron chi connectivity index (χ1n) is 4.92. The Hall–Kier alpha value is -2.02. The standard InChI is InChI=1S/C10H11N5OS/c1-15(8-6-11-2-3-12-8)7-9(16)14-10-13-4-5-17-10/h2-6H,7H2,1H3,(H,13,14,16). The second kappa shape index (κ2) is 5.35. The number of hydrogen-bond donors (Lipinski definition) is 1. The molecule has 0 aromatic carbocycles. The molecule has 88 valence electrons. The molecule has 0 saturated carbocycles. The van der Waals surface area contributed by atoms with Crippen molar-refractivity contribution in [3.05, 3.63) is 30.2 Å². The molecule has 0 bridgehead atoms. The average Bonchev–Trinajstić information content (AvgIpc) is 2.82. The summed E-state index contributed by atoms with van der Waals surface area (Å²) in [5.41, 5.74) is 0. The van der Waals surface area contributed by atoms with Crippen LogP contribution in [-0.4, -0.2) is 34.5 Å². The molecule has 0 aliphatic heterocycles. The van der Waals surface area contributed by atoms with Crippen LogP contribution in [0.2, 0.25) is 0 Å². The Balaban J connectivity index is 1.91. The third-order valence-electron chi connectivity index (χ3n) is 2.00. The smallest absolute Gasteiger partial charge is 0.245 e. The topological polar surface area (TPSA) is 71.0 Å². The van der Waals surface area contributed by atoms with Gasteiger partial charge in [0.05, 0.1) is 12.7 Å². The molecule has 0 spiro atoms. The third-order valence-corrected chi connectivity index (χ3v) is 2.69. The van der Waals surface area contributed by atoms with Crippen LogP contribution < -0.4 is 10.2 Å². The van der Waals surface area contributed by atoms with E-state index in [0.29, 0.717) is 10.9 Å². The van der Waals surface area contributed by atoms with Crippen LogP contribution in [0.4, 0.5) is 10.9 Å². The molecule has 0 fully saturated rings. The molecule has 17 heavy (non-hydrogen) atoms. The van der Waals surface area contributed by atoms with Crippen molar-refractivity contribution in [3.8, 4) is 0 Å². The number of anilines is 2. The number of likely N-dealkylation sites (N-methyl/N-ethyl adjacent to an activating group) is 1. The van der Waals surface area contributed by atoms with Gasteiger partial charge in [0, 0.05) is 31.0 Å². The van der Waals surface area contributed by atoms with E-state index in [0.717, 1.165) is 0 Å². The van der Waals surface area contributed by atoms with Gasteiger partial charge in [-0.05, 0) is 0 Å². The van der Waals surface area contributed by atoms with Gasteiger partial charge < -0.3 is 10.2 Å². The van der Waals surface area contributed by atoms with Crippen molar-refractivity contribution < 1.29 is 4.79 Å². The Labute approximate surface area is 102 Å². The van der Waals surface area contributed by atoms with Crippen LogP contribution in [0.15, 0.2) is 30.2 Å². The fourth-order valence-corrected chi connectivity index (χ4v) is 1.77. The predicted octanol–water partition coefficient (Wildman–Crippen LogP) is 1.01. The summed E-state index contributed by atoms with van der Waals surface area (Å²) >= 11 is 1.38. The van der Waals surface area contributed by atoms with E-state index in [4.69, 9.17) is 0 Å². The number of aromatic nitrogens is 3. The Morgan fingerprint density at radius 2 is 2.29 bits per heavy atom. The highest BCUT2D eigenvalue weighted by molar-refractivity contribution is 7.13. The zero-order valence-electron chi connectivity index (χ0n) is 9.20. The summed E-state index contributed by atoms with van der Waals surface area (Å²) in [6, 6.07) is 0. The number of carbonyl (C=O) groups is 1. The van der Waals surface area contributed by atoms with Crippen molar-refractivity contribution in [2.24, 2.45) is 0 Å². The molecular formula is C10H11N5OS. The highest BCUT2D eigenvalue weighted by atomic mass is 32.1. The normalized spacial score (nSPS) is 9.94. The van der Waals surface area contributed by atoms with Crippen molar-refractivity contribution >= 4 is 28.2 Å². The minimum atomic E-state index is -0.131. The molecule has 6 nitrogen and oxygen atoms in total. The summed E-state index contributed by atoms with van der Waals surface area (Å²) in [6.45, 7) is 0.207. The van der Waals surface area contributed by atoms with Crippen LogP contribution >= 0.6 is 11.3 Å². The maximum absolute atomic E-state index is 11.7. The molecule has 2 heterocycles. The molecule has 0 aliphatic carbocycles. The molecule has 1 amide bonds. The van der Waals surface area contributed by atoms with Gasteiger partial charge >= 0.3 is 0 Å². The first-order chi connectivity index (χ1) is 8.25. The molecule has 0 saturated heterocycles. The number of carbonyl (C=O) groups excluding carboxylic acids is 1. The number of nitrogens with zero attached hydrogens (tertiary/aromatic N) is 4. The van der Waals surface area contributed by atoms with E-state index in [2.05, 4.69) is 20.3 Å². The summed E-state index contributed by atoms with van der Waals surface area (Å²) in [5.74, 6) is 0.523. The van der Waals surface area contributed by atoms with Crippen LogP contribution in [0, 0.1) is 0 Å². The van der Waals surface area contributed by atoms with Gasteiger partial charge in [0.2, 0.25) is 5.91 Å². The third kappa shape index (κ3) is 3.22. The van der Waals surface area contributed by atoms with Gasteiger partial charge in [-0.1, -0.05) is 0 Å². The van der Waals surface area contributed by atoms with Crippen molar-refractivity contribution in [3.63, 3.8) is 0 Å². The van der Waals surface area contributed by atoms with Gasteiger partial charge in [0.25, 0.3) is 0 Å². The van der Waals surface area contributed by atoms with Crippen LogP contribution in [0.5, 0.6) is 0 Å². The van der Waals surface area contributed by atoms with Crippen molar-refractivity contribution in [2.75, 3.05) is 23.8 Å². The number of hydrogen-bond acceptors (Lipinski definition) is 6. The number of amides is 1. The average molecular weight is 249 g/mol. The second-order valence-electron chi connectivity index (χ2n) is 3.31. The van der Waals surface area contributed by atoms with E-state index < -0.39 is 0 Å². The zero-order chi connectivity index (χ0) is 12.1. The molecule has 7 heteroatoms. The fourth-order valence-electron chi connectivity index (χ4n) is 1.23. The number of nitrogens with one attached hydrogen (secondary N) is 1. The van der Waals surface area contributed by atoms with Crippen LogP contribution in [0.3, 0.4) is 0 Å². The lowest BCUT2D eigenvalue weighted by Crippen LogP contribution is -2.30. The van der Waals surface area contributed by atoms with E-state index >= 15 is 0 Å².